The normalized spacial score (nSPS) is 23.7. The monoisotopic (exact) mass is 434 g/mol. The SMILES string of the molecule is O=C(N1CC2(CC(OCc3ccncc3)CCO2)C1)C1(F)CC1.O=C(O)C(F)(F)F. The van der Waals surface area contributed by atoms with Gasteiger partial charge in [-0.15, -0.1) is 0 Å². The molecule has 30 heavy (non-hydrogen) atoms. The molecule has 3 fully saturated rings. The number of amides is 1. The predicted octanol–water partition coefficient (Wildman–Crippen LogP) is 2.49. The Kier molecular flexibility index (Phi) is 6.32. The van der Waals surface area contributed by atoms with Gasteiger partial charge in [0.25, 0.3) is 5.91 Å². The minimum Gasteiger partial charge on any atom is -0.475 e. The van der Waals surface area contributed by atoms with Gasteiger partial charge in [0.1, 0.15) is 5.60 Å². The molecule has 0 radical (unpaired) electrons. The lowest BCUT2D eigenvalue weighted by atomic mass is 9.84. The van der Waals surface area contributed by atoms with Crippen LogP contribution in [0.15, 0.2) is 24.5 Å². The molecule has 1 amide bonds. The number of nitrogens with zero attached hydrogens (tertiary/aromatic N) is 2. The van der Waals surface area contributed by atoms with E-state index in [-0.39, 0.29) is 17.6 Å². The van der Waals surface area contributed by atoms with Gasteiger partial charge in [-0.1, -0.05) is 0 Å². The molecule has 7 nitrogen and oxygen atoms in total. The lowest BCUT2D eigenvalue weighted by Crippen LogP contribution is -2.68. The van der Waals surface area contributed by atoms with Gasteiger partial charge >= 0.3 is 12.1 Å². The van der Waals surface area contributed by atoms with Gasteiger partial charge in [0.2, 0.25) is 0 Å². The highest BCUT2D eigenvalue weighted by Crippen LogP contribution is 2.45. The maximum atomic E-state index is 13.8. The van der Waals surface area contributed by atoms with Crippen molar-refractivity contribution in [1.82, 2.24) is 9.88 Å². The summed E-state index contributed by atoms with van der Waals surface area (Å²) in [6.07, 6.45) is 0.903. The molecule has 0 bridgehead atoms. The fraction of sp³-hybridized carbons (Fsp3) is 0.632. The molecular weight excluding hydrogens is 412 g/mol. The van der Waals surface area contributed by atoms with Gasteiger partial charge in [0.15, 0.2) is 5.67 Å². The predicted molar refractivity (Wildman–Crippen MR) is 94.1 cm³/mol. The molecule has 1 unspecified atom stereocenters. The molecular formula is C19H22F4N2O5. The van der Waals surface area contributed by atoms with E-state index in [0.717, 1.165) is 18.4 Å². The van der Waals surface area contributed by atoms with Crippen LogP contribution in [0.5, 0.6) is 0 Å². The van der Waals surface area contributed by atoms with Gasteiger partial charge in [-0.25, -0.2) is 9.18 Å². The summed E-state index contributed by atoms with van der Waals surface area (Å²) >= 11 is 0. The van der Waals surface area contributed by atoms with Crippen LogP contribution in [0.2, 0.25) is 0 Å². The van der Waals surface area contributed by atoms with Crippen molar-refractivity contribution < 1.29 is 41.7 Å². The van der Waals surface area contributed by atoms with E-state index < -0.39 is 17.8 Å². The molecule has 0 aromatic carbocycles. The fourth-order valence-corrected chi connectivity index (χ4v) is 3.44. The quantitative estimate of drug-likeness (QED) is 0.733. The molecule has 1 atom stereocenters. The summed E-state index contributed by atoms with van der Waals surface area (Å²) in [6, 6.07) is 3.88. The van der Waals surface area contributed by atoms with Gasteiger partial charge in [-0.05, 0) is 37.0 Å². The molecule has 3 aliphatic rings. The average molecular weight is 434 g/mol. The molecule has 2 saturated heterocycles. The van der Waals surface area contributed by atoms with Gasteiger partial charge in [0, 0.05) is 25.4 Å². The molecule has 1 N–H and O–H groups in total. The van der Waals surface area contributed by atoms with Crippen molar-refractivity contribution in [1.29, 1.82) is 0 Å². The summed E-state index contributed by atoms with van der Waals surface area (Å²) < 4.78 is 57.5. The number of likely N-dealkylation sites (tertiary alicyclic amines) is 1. The van der Waals surface area contributed by atoms with Crippen molar-refractivity contribution >= 4 is 11.9 Å². The van der Waals surface area contributed by atoms with Crippen LogP contribution in [-0.2, 0) is 25.7 Å². The van der Waals surface area contributed by atoms with Gasteiger partial charge < -0.3 is 19.5 Å². The Morgan fingerprint density at radius 2 is 1.87 bits per heavy atom. The van der Waals surface area contributed by atoms with Gasteiger partial charge in [-0.3, -0.25) is 9.78 Å². The average Bonchev–Trinajstić information content (AvgIpc) is 3.43. The third kappa shape index (κ3) is 5.45. The summed E-state index contributed by atoms with van der Waals surface area (Å²) in [5.41, 5.74) is -0.811. The van der Waals surface area contributed by atoms with E-state index in [1.165, 1.54) is 0 Å². The Morgan fingerprint density at radius 1 is 1.27 bits per heavy atom. The summed E-state index contributed by atoms with van der Waals surface area (Å²) in [4.78, 5) is 26.5. The lowest BCUT2D eigenvalue weighted by molar-refractivity contribution is -0.205. The Hall–Kier alpha value is -2.27. The molecule has 11 heteroatoms. The second-order valence-electron chi connectivity index (χ2n) is 7.74. The second-order valence-corrected chi connectivity index (χ2v) is 7.74. The highest BCUT2D eigenvalue weighted by Gasteiger charge is 2.58. The molecule has 4 rings (SSSR count). The first-order valence-electron chi connectivity index (χ1n) is 9.46. The molecule has 2 aliphatic heterocycles. The molecule has 1 aromatic heterocycles. The molecule has 1 spiro atoms. The largest absolute Gasteiger partial charge is 0.490 e. The van der Waals surface area contributed by atoms with E-state index in [1.807, 2.05) is 12.1 Å². The fourth-order valence-electron chi connectivity index (χ4n) is 3.44. The number of carbonyl (C=O) groups is 2. The third-order valence-electron chi connectivity index (χ3n) is 5.24. The maximum Gasteiger partial charge on any atom is 0.490 e. The Morgan fingerprint density at radius 3 is 2.40 bits per heavy atom. The van der Waals surface area contributed by atoms with Crippen LogP contribution in [0.3, 0.4) is 0 Å². The molecule has 3 heterocycles. The number of aliphatic carboxylic acids is 1. The number of carbonyl (C=O) groups excluding carboxylic acids is 1. The number of rotatable bonds is 4. The zero-order valence-electron chi connectivity index (χ0n) is 16.0. The Labute approximate surface area is 170 Å². The minimum absolute atomic E-state index is 0.120. The van der Waals surface area contributed by atoms with E-state index in [2.05, 4.69) is 4.98 Å². The van der Waals surface area contributed by atoms with Crippen LogP contribution in [0.1, 0.15) is 31.2 Å². The minimum atomic E-state index is -5.08. The molecule has 166 valence electrons. The summed E-state index contributed by atoms with van der Waals surface area (Å²) in [6.45, 7) is 2.17. The van der Waals surface area contributed by atoms with Gasteiger partial charge in [-0.2, -0.15) is 13.2 Å². The van der Waals surface area contributed by atoms with Crippen molar-refractivity contribution in [2.45, 2.75) is 55.8 Å². The van der Waals surface area contributed by atoms with Crippen LogP contribution < -0.4 is 0 Å². The van der Waals surface area contributed by atoms with E-state index in [1.54, 1.807) is 17.3 Å². The van der Waals surface area contributed by atoms with Crippen molar-refractivity contribution in [2.24, 2.45) is 0 Å². The maximum absolute atomic E-state index is 13.8. The number of hydrogen-bond acceptors (Lipinski definition) is 5. The van der Waals surface area contributed by atoms with Crippen LogP contribution >= 0.6 is 0 Å². The number of hydrogen-bond donors (Lipinski definition) is 1. The number of aromatic nitrogens is 1. The number of pyridine rings is 1. The van der Waals surface area contributed by atoms with Crippen LogP contribution in [-0.4, -0.2) is 70.1 Å². The third-order valence-corrected chi connectivity index (χ3v) is 5.24. The van der Waals surface area contributed by atoms with E-state index in [9.17, 15) is 22.4 Å². The van der Waals surface area contributed by atoms with Crippen molar-refractivity contribution in [3.05, 3.63) is 30.1 Å². The zero-order valence-corrected chi connectivity index (χ0v) is 16.0. The summed E-state index contributed by atoms with van der Waals surface area (Å²) in [5, 5.41) is 7.12. The molecule has 1 aromatic rings. The van der Waals surface area contributed by atoms with Crippen molar-refractivity contribution in [2.75, 3.05) is 19.7 Å². The molecule has 1 aliphatic carbocycles. The van der Waals surface area contributed by atoms with Crippen LogP contribution in [0, 0.1) is 0 Å². The summed E-state index contributed by atoms with van der Waals surface area (Å²) in [5.74, 6) is -3.11. The number of carboxylic acid groups (broad SMARTS) is 1. The zero-order chi connectivity index (χ0) is 22.0. The second kappa shape index (κ2) is 8.46. The first-order valence-corrected chi connectivity index (χ1v) is 9.46. The first kappa shape index (κ1) is 22.4. The summed E-state index contributed by atoms with van der Waals surface area (Å²) in [7, 11) is 0. The van der Waals surface area contributed by atoms with Crippen molar-refractivity contribution in [3.8, 4) is 0 Å². The first-order chi connectivity index (χ1) is 14.0. The van der Waals surface area contributed by atoms with Crippen LogP contribution in [0.4, 0.5) is 17.6 Å². The van der Waals surface area contributed by atoms with E-state index in [4.69, 9.17) is 19.4 Å². The lowest BCUT2D eigenvalue weighted by Gasteiger charge is -2.53. The number of alkyl halides is 4. The number of halogens is 4. The van der Waals surface area contributed by atoms with Crippen LogP contribution in [0.25, 0.3) is 0 Å². The van der Waals surface area contributed by atoms with Gasteiger partial charge in [0.05, 0.1) is 25.8 Å². The van der Waals surface area contributed by atoms with Crippen molar-refractivity contribution in [3.63, 3.8) is 0 Å². The smallest absolute Gasteiger partial charge is 0.475 e. The standard InChI is InChI=1S/C17H21FN2O3.C2HF3O2/c18-17(4-5-17)15(21)20-11-16(12-20)9-14(3-8-23-16)22-10-13-1-6-19-7-2-13;3-2(4,5)1(6)7/h1-2,6-7,14H,3-5,8-12H2;(H,6,7). The topological polar surface area (TPSA) is 89.0 Å². The van der Waals surface area contributed by atoms with E-state index in [0.29, 0.717) is 39.1 Å². The number of ether oxygens (including phenoxy) is 2. The highest BCUT2D eigenvalue weighted by molar-refractivity contribution is 5.88. The van der Waals surface area contributed by atoms with E-state index >= 15 is 0 Å². The highest BCUT2D eigenvalue weighted by atomic mass is 19.4. The Balaban J connectivity index is 0.000000318. The number of carboxylic acids is 1. The molecule has 1 saturated carbocycles. The Bertz CT molecular complexity index is 764.